The Bertz CT molecular complexity index is 1740. The molecule has 3 aromatic heterocycles. The van der Waals surface area contributed by atoms with Crippen LogP contribution in [0.4, 0.5) is 27.8 Å². The zero-order valence-corrected chi connectivity index (χ0v) is 22.8. The quantitative estimate of drug-likeness (QED) is 0.214. The molecule has 1 fully saturated rings. The molecule has 0 atom stereocenters. The van der Waals surface area contributed by atoms with Crippen LogP contribution in [0.15, 0.2) is 59.3 Å². The van der Waals surface area contributed by atoms with Crippen LogP contribution >= 0.6 is 0 Å². The molecule has 4 aromatic rings. The second kappa shape index (κ2) is 11.1. The minimum absolute atomic E-state index is 0.0706. The number of hydrogen-bond donors (Lipinski definition) is 2. The van der Waals surface area contributed by atoms with E-state index in [4.69, 9.17) is 15.9 Å². The Morgan fingerprint density at radius 2 is 1.79 bits per heavy atom. The number of benzene rings is 1. The number of carbonyl (C=O) groups is 2. The topological polar surface area (TPSA) is 128 Å². The number of primary amides is 1. The number of aryl methyl sites for hydroxylation is 1. The van der Waals surface area contributed by atoms with Gasteiger partial charge in [-0.05, 0) is 60.0 Å². The molecular weight excluding hydrogens is 573 g/mol. The number of rotatable bonds is 6. The number of halogens is 5. The monoisotopic (exact) mass is 599 g/mol. The van der Waals surface area contributed by atoms with Gasteiger partial charge in [-0.25, -0.2) is 13.8 Å². The van der Waals surface area contributed by atoms with Crippen LogP contribution < -0.4 is 11.5 Å². The Morgan fingerprint density at radius 1 is 1.07 bits per heavy atom. The number of likely N-dealkylation sites (tertiary alicyclic amines) is 1. The lowest BCUT2D eigenvalue weighted by Gasteiger charge is -2.31. The molecule has 0 radical (unpaired) electrons. The van der Waals surface area contributed by atoms with E-state index in [0.717, 1.165) is 12.1 Å². The summed E-state index contributed by atoms with van der Waals surface area (Å²) in [4.78, 5) is 34.2. The van der Waals surface area contributed by atoms with Crippen molar-refractivity contribution in [2.45, 2.75) is 38.3 Å². The van der Waals surface area contributed by atoms with Crippen LogP contribution in [0.25, 0.3) is 27.8 Å². The lowest BCUT2D eigenvalue weighted by Crippen LogP contribution is -2.42. The van der Waals surface area contributed by atoms with Gasteiger partial charge in [0.05, 0.1) is 11.3 Å². The van der Waals surface area contributed by atoms with Gasteiger partial charge < -0.3 is 20.8 Å². The first-order valence-corrected chi connectivity index (χ1v) is 13.2. The smallest absolute Gasteiger partial charge is 0.420 e. The van der Waals surface area contributed by atoms with Gasteiger partial charge in [-0.3, -0.25) is 14.6 Å². The second-order valence-electron chi connectivity index (χ2n) is 10.3. The Kier molecular flexibility index (Phi) is 7.67. The molecule has 5 rings (SSSR count). The van der Waals surface area contributed by atoms with Gasteiger partial charge in [0.1, 0.15) is 17.2 Å². The molecule has 1 aliphatic rings. The van der Waals surface area contributed by atoms with E-state index in [0.29, 0.717) is 16.7 Å². The van der Waals surface area contributed by atoms with E-state index in [1.807, 2.05) is 0 Å². The normalized spacial score (nSPS) is 15.6. The predicted octanol–water partition coefficient (Wildman–Crippen LogP) is 5.78. The van der Waals surface area contributed by atoms with Gasteiger partial charge in [0.25, 0.3) is 11.8 Å². The van der Waals surface area contributed by atoms with E-state index in [9.17, 15) is 31.5 Å². The zero-order valence-electron chi connectivity index (χ0n) is 22.8. The lowest BCUT2D eigenvalue weighted by molar-refractivity contribution is -0.136. The molecule has 0 saturated carbocycles. The molecule has 1 saturated heterocycles. The molecule has 2 amide bonds. The number of fused-ring (bicyclic) bond motifs is 1. The summed E-state index contributed by atoms with van der Waals surface area (Å²) in [6.07, 6.45) is -1.96. The molecular formula is C30H26F5N5O3. The lowest BCUT2D eigenvalue weighted by atomic mass is 9.98. The first-order chi connectivity index (χ1) is 20.2. The number of aromatic nitrogens is 2. The number of furan rings is 1. The Morgan fingerprint density at radius 3 is 2.42 bits per heavy atom. The van der Waals surface area contributed by atoms with Gasteiger partial charge >= 0.3 is 6.18 Å². The summed E-state index contributed by atoms with van der Waals surface area (Å²) in [5, 5.41) is 0.158. The van der Waals surface area contributed by atoms with Crippen molar-refractivity contribution in [3.63, 3.8) is 0 Å². The van der Waals surface area contributed by atoms with Gasteiger partial charge in [-0.1, -0.05) is 0 Å². The summed E-state index contributed by atoms with van der Waals surface area (Å²) in [5.74, 6) is -3.71. The molecule has 0 bridgehead atoms. The van der Waals surface area contributed by atoms with Crippen molar-refractivity contribution in [1.29, 1.82) is 0 Å². The van der Waals surface area contributed by atoms with Crippen LogP contribution in [-0.2, 0) is 17.4 Å². The number of nitrogens with zero attached hydrogens (tertiary/aromatic N) is 3. The number of amides is 2. The number of nitrogen functional groups attached to an aromatic ring is 1. The zero-order chi connectivity index (χ0) is 31.1. The number of piperidine rings is 1. The van der Waals surface area contributed by atoms with Gasteiger partial charge in [0.15, 0.2) is 0 Å². The van der Waals surface area contributed by atoms with Crippen molar-refractivity contribution in [3.8, 4) is 11.3 Å². The number of nitrogens with two attached hydrogens (primary N) is 2. The summed E-state index contributed by atoms with van der Waals surface area (Å²) in [6, 6.07) is 8.21. The molecule has 0 unspecified atom stereocenters. The van der Waals surface area contributed by atoms with Crippen LogP contribution in [-0.4, -0.2) is 45.7 Å². The molecule has 0 spiro atoms. The van der Waals surface area contributed by atoms with Gasteiger partial charge in [0, 0.05) is 67.3 Å². The van der Waals surface area contributed by atoms with Crippen molar-refractivity contribution in [1.82, 2.24) is 14.9 Å². The number of allylic oxidation sites excluding steroid dienone is 1. The number of alkyl halides is 5. The molecule has 13 heteroatoms. The molecule has 4 N–H and O–H groups in total. The SMILES string of the molecule is Cc1c(C/C(=C\C(N)=O)c2ccc(N)nc2)oc2c(C(F)(F)F)cc(-c3cc(C(=O)N4CCC(F)(F)CC4)ccn3)cc12. The Labute approximate surface area is 242 Å². The van der Waals surface area contributed by atoms with E-state index in [1.165, 1.54) is 41.6 Å². The van der Waals surface area contributed by atoms with Crippen LogP contribution in [0.1, 0.15) is 45.7 Å². The maximum absolute atomic E-state index is 14.3. The van der Waals surface area contributed by atoms with E-state index in [-0.39, 0.29) is 53.3 Å². The summed E-state index contributed by atoms with van der Waals surface area (Å²) >= 11 is 0. The van der Waals surface area contributed by atoms with Crippen LogP contribution in [0, 0.1) is 6.92 Å². The molecule has 4 heterocycles. The fourth-order valence-electron chi connectivity index (χ4n) is 5.01. The van der Waals surface area contributed by atoms with Crippen molar-refractivity contribution < 1.29 is 36.0 Å². The van der Waals surface area contributed by atoms with Gasteiger partial charge in [-0.15, -0.1) is 0 Å². The highest BCUT2D eigenvalue weighted by Crippen LogP contribution is 2.41. The minimum atomic E-state index is -4.81. The standard InChI is InChI=1S/C30H26F5N5O3/c1-16-21-10-20(23-12-17(4-7-38-23)28(42)40-8-5-29(31,32)6-9-40)11-22(30(33,34)35)27(21)43-24(16)13-19(14-26(37)41)18-2-3-25(36)39-15-18/h2-4,7,10-12,14-15H,5-6,8-9,13H2,1H3,(H2,36,39)(H2,37,41)/b19-14+. The van der Waals surface area contributed by atoms with Crippen molar-refractivity contribution in [2.24, 2.45) is 5.73 Å². The molecule has 8 nitrogen and oxygen atoms in total. The average Bonchev–Trinajstić information content (AvgIpc) is 3.26. The number of hydrogen-bond acceptors (Lipinski definition) is 6. The maximum Gasteiger partial charge on any atom is 0.420 e. The van der Waals surface area contributed by atoms with E-state index < -0.39 is 47.9 Å². The maximum atomic E-state index is 14.3. The summed E-state index contributed by atoms with van der Waals surface area (Å²) < 4.78 is 75.8. The van der Waals surface area contributed by atoms with E-state index >= 15 is 0 Å². The predicted molar refractivity (Wildman–Crippen MR) is 149 cm³/mol. The van der Waals surface area contributed by atoms with Crippen molar-refractivity contribution in [3.05, 3.63) is 82.9 Å². The third kappa shape index (κ3) is 6.35. The van der Waals surface area contributed by atoms with Gasteiger partial charge in [-0.2, -0.15) is 13.2 Å². The first kappa shape index (κ1) is 29.7. The highest BCUT2D eigenvalue weighted by atomic mass is 19.4. The fraction of sp³-hybridized carbons (Fsp3) is 0.267. The van der Waals surface area contributed by atoms with Crippen LogP contribution in [0.3, 0.4) is 0 Å². The second-order valence-corrected chi connectivity index (χ2v) is 10.3. The number of carbonyl (C=O) groups excluding carboxylic acids is 2. The van der Waals surface area contributed by atoms with Crippen LogP contribution in [0.5, 0.6) is 0 Å². The fourth-order valence-corrected chi connectivity index (χ4v) is 5.01. The summed E-state index contributed by atoms with van der Waals surface area (Å²) in [7, 11) is 0. The van der Waals surface area contributed by atoms with E-state index in [1.54, 1.807) is 13.0 Å². The van der Waals surface area contributed by atoms with Crippen molar-refractivity contribution in [2.75, 3.05) is 18.8 Å². The largest absolute Gasteiger partial charge is 0.460 e. The third-order valence-electron chi connectivity index (χ3n) is 7.35. The summed E-state index contributed by atoms with van der Waals surface area (Å²) in [5.41, 5.74) is 11.1. The van der Waals surface area contributed by atoms with Gasteiger partial charge in [0.2, 0.25) is 5.91 Å². The minimum Gasteiger partial charge on any atom is -0.460 e. The first-order valence-electron chi connectivity index (χ1n) is 13.2. The molecule has 43 heavy (non-hydrogen) atoms. The molecule has 1 aromatic carbocycles. The highest BCUT2D eigenvalue weighted by Gasteiger charge is 2.37. The van der Waals surface area contributed by atoms with Crippen molar-refractivity contribution >= 4 is 34.2 Å². The molecule has 224 valence electrons. The number of anilines is 1. The summed E-state index contributed by atoms with van der Waals surface area (Å²) in [6.45, 7) is 1.32. The molecule has 1 aliphatic heterocycles. The highest BCUT2D eigenvalue weighted by molar-refractivity contribution is 5.97. The Hall–Kier alpha value is -4.81. The number of pyridine rings is 2. The van der Waals surface area contributed by atoms with E-state index in [2.05, 4.69) is 9.97 Å². The van der Waals surface area contributed by atoms with Crippen LogP contribution in [0.2, 0.25) is 0 Å². The average molecular weight is 600 g/mol. The third-order valence-corrected chi connectivity index (χ3v) is 7.35. The Balaban J connectivity index is 1.55. The molecule has 0 aliphatic carbocycles.